The normalized spacial score (nSPS) is 22.7. The average molecular weight is 654 g/mol. The van der Waals surface area contributed by atoms with Crippen molar-refractivity contribution in [3.05, 3.63) is 27.8 Å². The molecule has 0 bridgehead atoms. The molecule has 1 aliphatic carbocycles. The average Bonchev–Trinajstić information content (AvgIpc) is 3.68. The minimum Gasteiger partial charge on any atom is -0.459 e. The predicted molar refractivity (Wildman–Crippen MR) is 174 cm³/mol. The van der Waals surface area contributed by atoms with Gasteiger partial charge in [-0.1, -0.05) is 5.16 Å². The third-order valence-electron chi connectivity index (χ3n) is 8.82. The molecule has 4 N–H and O–H groups in total. The van der Waals surface area contributed by atoms with Crippen LogP contribution in [0.5, 0.6) is 6.01 Å². The van der Waals surface area contributed by atoms with E-state index in [-0.39, 0.29) is 35.8 Å². The second-order valence-corrected chi connectivity index (χ2v) is 14.4. The number of hydrogen-bond donors (Lipinski definition) is 2. The Morgan fingerprint density at radius 2 is 1.93 bits per heavy atom. The molecule has 0 radical (unpaired) electrons. The van der Waals surface area contributed by atoms with E-state index in [2.05, 4.69) is 28.2 Å². The number of anilines is 2. The maximum Gasteiger partial charge on any atom is 0.410 e. The number of thiophene rings is 1. The Morgan fingerprint density at radius 1 is 1.22 bits per heavy atom. The summed E-state index contributed by atoms with van der Waals surface area (Å²) < 4.78 is 11.8. The van der Waals surface area contributed by atoms with Gasteiger partial charge in [-0.05, 0) is 73.9 Å². The summed E-state index contributed by atoms with van der Waals surface area (Å²) in [5.41, 5.74) is 11.9. The molecular weight excluding hydrogens is 610 g/mol. The fourth-order valence-electron chi connectivity index (χ4n) is 6.28. The maximum absolute atomic E-state index is 13.4. The number of nitriles is 1. The zero-order valence-electron chi connectivity index (χ0n) is 27.3. The highest BCUT2D eigenvalue weighted by Crippen LogP contribution is 2.47. The van der Waals surface area contributed by atoms with Crippen molar-refractivity contribution in [1.82, 2.24) is 19.8 Å². The van der Waals surface area contributed by atoms with Crippen LogP contribution in [-0.2, 0) is 26.2 Å². The number of amides is 1. The molecule has 1 amide bonds. The lowest BCUT2D eigenvalue weighted by Gasteiger charge is -2.36. The molecular formula is C31H43N9O5S. The third-order valence-corrected chi connectivity index (χ3v) is 9.90. The number of nitrogen functional groups attached to an aromatic ring is 1. The lowest BCUT2D eigenvalue weighted by molar-refractivity contribution is -0.150. The lowest BCUT2D eigenvalue weighted by atomic mass is 9.83. The van der Waals surface area contributed by atoms with Gasteiger partial charge in [0.05, 0.1) is 11.0 Å². The Hall–Kier alpha value is -4.16. The van der Waals surface area contributed by atoms with E-state index < -0.39 is 17.0 Å². The van der Waals surface area contributed by atoms with Crippen molar-refractivity contribution < 1.29 is 23.9 Å². The highest BCUT2D eigenvalue weighted by Gasteiger charge is 2.47. The molecule has 2 saturated heterocycles. The quantitative estimate of drug-likeness (QED) is 0.193. The van der Waals surface area contributed by atoms with Crippen LogP contribution in [0.3, 0.4) is 0 Å². The Kier molecular flexibility index (Phi) is 9.33. The number of likely N-dealkylation sites (N-methyl/N-ethyl adjacent to an activating group) is 1. The number of aromatic nitrogens is 2. The topological polar surface area (TPSA) is 186 Å². The van der Waals surface area contributed by atoms with E-state index in [0.29, 0.717) is 61.0 Å². The van der Waals surface area contributed by atoms with E-state index in [1.165, 1.54) is 11.3 Å². The van der Waals surface area contributed by atoms with Crippen molar-refractivity contribution in [2.75, 3.05) is 50.4 Å². The first-order valence-corrected chi connectivity index (χ1v) is 16.4. The summed E-state index contributed by atoms with van der Waals surface area (Å²) in [5.74, 6) is -0.224. The number of nitrogens with zero attached hydrogens (tertiary/aromatic N) is 7. The van der Waals surface area contributed by atoms with E-state index in [4.69, 9.17) is 30.8 Å². The number of carbonyl (C=O) groups is 2. The van der Waals surface area contributed by atoms with Gasteiger partial charge in [-0.3, -0.25) is 4.90 Å². The summed E-state index contributed by atoms with van der Waals surface area (Å²) in [6.45, 7) is 12.1. The van der Waals surface area contributed by atoms with Crippen LogP contribution in [0.25, 0.3) is 0 Å². The fourth-order valence-corrected chi connectivity index (χ4v) is 7.42. The number of oxime groups is 1. The minimum atomic E-state index is -1.08. The summed E-state index contributed by atoms with van der Waals surface area (Å²) in [6, 6.07) is 4.13. The van der Waals surface area contributed by atoms with Gasteiger partial charge in [0.25, 0.3) is 0 Å². The van der Waals surface area contributed by atoms with Crippen molar-refractivity contribution in [3.8, 4) is 12.1 Å². The minimum absolute atomic E-state index is 0.124. The largest absolute Gasteiger partial charge is 0.459 e. The number of hydrogen-bond acceptors (Lipinski definition) is 13. The summed E-state index contributed by atoms with van der Waals surface area (Å²) in [5, 5.41) is 14.0. The highest BCUT2D eigenvalue weighted by atomic mass is 32.1. The van der Waals surface area contributed by atoms with Crippen LogP contribution in [0, 0.1) is 11.3 Å². The van der Waals surface area contributed by atoms with Gasteiger partial charge in [0.1, 0.15) is 34.3 Å². The molecule has 2 aliphatic heterocycles. The highest BCUT2D eigenvalue weighted by molar-refractivity contribution is 7.16. The molecule has 0 saturated carbocycles. The lowest BCUT2D eigenvalue weighted by Crippen LogP contribution is -2.50. The smallest absolute Gasteiger partial charge is 0.410 e. The summed E-state index contributed by atoms with van der Waals surface area (Å²) in [4.78, 5) is 47.5. The molecule has 15 heteroatoms. The zero-order chi connectivity index (χ0) is 33.4. The van der Waals surface area contributed by atoms with Crippen LogP contribution in [0.2, 0.25) is 0 Å². The number of aryl methyl sites for hydroxylation is 1. The summed E-state index contributed by atoms with van der Waals surface area (Å²) in [6.07, 6.45) is 2.61. The van der Waals surface area contributed by atoms with Gasteiger partial charge >= 0.3 is 18.1 Å². The molecule has 1 unspecified atom stereocenters. The molecule has 3 atom stereocenters. The molecule has 0 spiro atoms. The Morgan fingerprint density at radius 3 is 2.57 bits per heavy atom. The molecule has 0 aromatic carbocycles. The van der Waals surface area contributed by atoms with E-state index in [1.807, 2.05) is 32.6 Å². The molecule has 248 valence electrons. The molecule has 3 aliphatic rings. The molecule has 5 rings (SSSR count). The van der Waals surface area contributed by atoms with E-state index >= 15 is 0 Å². The van der Waals surface area contributed by atoms with E-state index in [0.717, 1.165) is 24.3 Å². The summed E-state index contributed by atoms with van der Waals surface area (Å²) >= 11 is 1.32. The number of amidine groups is 1. The SMILES string of the molecule is C[C@H](Oc1nc(/C(N)=N/OC(=O)C2(C)CCc3sc(N)c(C#N)c32)cc(N2CCN(C(=O)OC(C)(C)C)CC2)n1)[C@@H]1CCCN1C. The number of rotatable bonds is 7. The Balaban J connectivity index is 1.37. The van der Waals surface area contributed by atoms with Crippen LogP contribution in [-0.4, -0.2) is 95.2 Å². The van der Waals surface area contributed by atoms with Crippen molar-refractivity contribution in [2.24, 2.45) is 10.9 Å². The van der Waals surface area contributed by atoms with Gasteiger partial charge < -0.3 is 35.6 Å². The van der Waals surface area contributed by atoms with Crippen molar-refractivity contribution in [3.63, 3.8) is 0 Å². The van der Waals surface area contributed by atoms with Crippen LogP contribution in [0.15, 0.2) is 11.2 Å². The van der Waals surface area contributed by atoms with Crippen molar-refractivity contribution in [1.29, 1.82) is 5.26 Å². The van der Waals surface area contributed by atoms with Crippen LogP contribution < -0.4 is 21.1 Å². The number of fused-ring (bicyclic) bond motifs is 1. The molecule has 14 nitrogen and oxygen atoms in total. The predicted octanol–water partition coefficient (Wildman–Crippen LogP) is 2.98. The van der Waals surface area contributed by atoms with Crippen molar-refractivity contribution in [2.45, 2.75) is 83.5 Å². The number of nitrogens with two attached hydrogens (primary N) is 2. The molecule has 2 fully saturated rings. The zero-order valence-corrected chi connectivity index (χ0v) is 28.1. The first-order valence-electron chi connectivity index (χ1n) is 15.6. The van der Waals surface area contributed by atoms with E-state index in [1.54, 1.807) is 17.9 Å². The summed E-state index contributed by atoms with van der Waals surface area (Å²) in [7, 11) is 2.07. The molecule has 4 heterocycles. The van der Waals surface area contributed by atoms with Gasteiger partial charge in [0.15, 0.2) is 5.84 Å². The van der Waals surface area contributed by atoms with Crippen LogP contribution in [0.4, 0.5) is 15.6 Å². The van der Waals surface area contributed by atoms with Gasteiger partial charge in [-0.2, -0.15) is 15.2 Å². The van der Waals surface area contributed by atoms with Gasteiger partial charge in [-0.25, -0.2) is 9.59 Å². The number of ether oxygens (including phenoxy) is 2. The van der Waals surface area contributed by atoms with Gasteiger partial charge in [-0.15, -0.1) is 11.3 Å². The van der Waals surface area contributed by atoms with E-state index in [9.17, 15) is 14.9 Å². The molecule has 46 heavy (non-hydrogen) atoms. The molecule has 2 aromatic heterocycles. The number of likely N-dealkylation sites (tertiary alicyclic amines) is 1. The number of piperazine rings is 1. The van der Waals surface area contributed by atoms with Crippen LogP contribution >= 0.6 is 11.3 Å². The Labute approximate surface area is 273 Å². The monoisotopic (exact) mass is 653 g/mol. The third kappa shape index (κ3) is 6.82. The van der Waals surface area contributed by atoms with Gasteiger partial charge in [0, 0.05) is 48.7 Å². The van der Waals surface area contributed by atoms with Crippen molar-refractivity contribution >= 4 is 40.1 Å². The first-order chi connectivity index (χ1) is 21.7. The standard InChI is InChI=1S/C31H43N9O5S/c1-18(21-8-7-11-38(21)6)43-28-35-20(16-23(36-28)39-12-14-40(15-13-39)29(42)44-30(2,3)4)25(33)37-45-27(41)31(5)10-9-22-24(31)19(17-32)26(34)46-22/h16,18,21H,7-15,34H2,1-6H3,(H2,33,37)/t18-,21-,31?/m0/s1. The maximum atomic E-state index is 13.4. The van der Waals surface area contributed by atoms with Crippen LogP contribution in [0.1, 0.15) is 75.6 Å². The Bertz CT molecular complexity index is 1560. The second-order valence-electron chi connectivity index (χ2n) is 13.3. The molecule has 2 aromatic rings. The first kappa shape index (κ1) is 33.2. The number of carbonyl (C=O) groups excluding carboxylic acids is 2. The second kappa shape index (κ2) is 12.9. The fraction of sp³-hybridized carbons (Fsp3) is 0.613. The van der Waals surface area contributed by atoms with Gasteiger partial charge in [0.2, 0.25) is 0 Å².